The van der Waals surface area contributed by atoms with Gasteiger partial charge in [-0.05, 0) is 25.2 Å². The minimum absolute atomic E-state index is 0.00422. The Balaban J connectivity index is 3.41. The molecular weight excluding hydrogens is 164 g/mol. The van der Waals surface area contributed by atoms with Gasteiger partial charge in [0.25, 0.3) is 0 Å². The molecule has 2 nitrogen and oxygen atoms in total. The molecule has 2 heteroatoms. The molecule has 0 fully saturated rings. The summed E-state index contributed by atoms with van der Waals surface area (Å²) in [5.41, 5.74) is 0. The molecule has 0 unspecified atom stereocenters. The molecule has 0 aromatic carbocycles. The second kappa shape index (κ2) is 9.28. The largest absolute Gasteiger partial charge is 0.396 e. The summed E-state index contributed by atoms with van der Waals surface area (Å²) in [5.74, 6) is 5.46. The molecule has 0 rings (SSSR count). The quantitative estimate of drug-likeness (QED) is 0.387. The number of aliphatic hydroxyl groups excluding tert-OH is 1. The van der Waals surface area contributed by atoms with Crippen molar-refractivity contribution in [2.45, 2.75) is 45.4 Å². The zero-order valence-corrected chi connectivity index (χ0v) is 8.31. The molecule has 0 amide bonds. The van der Waals surface area contributed by atoms with E-state index in [-0.39, 0.29) is 12.4 Å². The van der Waals surface area contributed by atoms with E-state index < -0.39 is 0 Å². The van der Waals surface area contributed by atoms with Crippen LogP contribution in [-0.2, 0) is 4.79 Å². The number of hydrogen-bond acceptors (Lipinski definition) is 2. The summed E-state index contributed by atoms with van der Waals surface area (Å²) in [4.78, 5) is 11.0. The normalized spacial score (nSPS) is 9.08. The van der Waals surface area contributed by atoms with Crippen LogP contribution in [0.5, 0.6) is 0 Å². The maximum Gasteiger partial charge on any atom is 0.205 e. The van der Waals surface area contributed by atoms with E-state index >= 15 is 0 Å². The predicted molar refractivity (Wildman–Crippen MR) is 53.2 cm³/mol. The lowest BCUT2D eigenvalue weighted by Gasteiger charge is -1.91. The van der Waals surface area contributed by atoms with Gasteiger partial charge in [0.2, 0.25) is 5.78 Å². The van der Waals surface area contributed by atoms with Gasteiger partial charge in [-0.25, -0.2) is 0 Å². The molecule has 0 aliphatic heterocycles. The smallest absolute Gasteiger partial charge is 0.205 e. The lowest BCUT2D eigenvalue weighted by atomic mass is 10.2. The molecule has 0 bridgehead atoms. The zero-order valence-electron chi connectivity index (χ0n) is 8.31. The molecule has 0 radical (unpaired) electrons. The fraction of sp³-hybridized carbons (Fsp3) is 0.727. The Bertz CT molecular complexity index is 186. The maximum absolute atomic E-state index is 11.0. The fourth-order valence-corrected chi connectivity index (χ4v) is 0.886. The van der Waals surface area contributed by atoms with Gasteiger partial charge in [0.05, 0.1) is 0 Å². The highest BCUT2D eigenvalue weighted by molar-refractivity contribution is 5.95. The number of carbonyl (C=O) groups is 1. The van der Waals surface area contributed by atoms with Crippen molar-refractivity contribution < 1.29 is 9.90 Å². The second-order valence-electron chi connectivity index (χ2n) is 3.01. The van der Waals surface area contributed by atoms with Crippen molar-refractivity contribution in [3.63, 3.8) is 0 Å². The van der Waals surface area contributed by atoms with Gasteiger partial charge in [0.1, 0.15) is 0 Å². The summed E-state index contributed by atoms with van der Waals surface area (Å²) in [5, 5.41) is 8.48. The first kappa shape index (κ1) is 12.2. The van der Waals surface area contributed by atoms with Crippen LogP contribution in [0.25, 0.3) is 0 Å². The summed E-state index contributed by atoms with van der Waals surface area (Å²) in [6.45, 7) is 2.27. The Morgan fingerprint density at radius 2 is 2.08 bits per heavy atom. The van der Waals surface area contributed by atoms with Gasteiger partial charge >= 0.3 is 0 Å². The zero-order chi connectivity index (χ0) is 9.94. The Kier molecular flexibility index (Phi) is 8.70. The Morgan fingerprint density at radius 1 is 1.31 bits per heavy atom. The van der Waals surface area contributed by atoms with Crippen molar-refractivity contribution in [2.75, 3.05) is 6.61 Å². The van der Waals surface area contributed by atoms with Crippen LogP contribution in [0.4, 0.5) is 0 Å². The van der Waals surface area contributed by atoms with Gasteiger partial charge < -0.3 is 5.11 Å². The third-order valence-electron chi connectivity index (χ3n) is 1.70. The van der Waals surface area contributed by atoms with Gasteiger partial charge in [-0.2, -0.15) is 0 Å². The molecule has 0 heterocycles. The minimum Gasteiger partial charge on any atom is -0.396 e. The van der Waals surface area contributed by atoms with Gasteiger partial charge in [-0.15, -0.1) is 0 Å². The third-order valence-corrected chi connectivity index (χ3v) is 1.70. The molecule has 0 spiro atoms. The molecule has 1 N–H and O–H groups in total. The van der Waals surface area contributed by atoms with E-state index in [1.54, 1.807) is 0 Å². The van der Waals surface area contributed by atoms with E-state index in [9.17, 15) is 4.79 Å². The standard InChI is InChI=1S/C11H18O2/c1-2-3-4-5-8-11(13)9-6-7-10-12/h12H,2-4,6-7,9-10H2,1H3. The van der Waals surface area contributed by atoms with Crippen LogP contribution in [0.15, 0.2) is 0 Å². The van der Waals surface area contributed by atoms with Crippen molar-refractivity contribution in [1.82, 2.24) is 0 Å². The van der Waals surface area contributed by atoms with Crippen molar-refractivity contribution >= 4 is 5.78 Å². The molecule has 0 aromatic rings. The van der Waals surface area contributed by atoms with Crippen molar-refractivity contribution in [1.29, 1.82) is 0 Å². The molecule has 0 saturated heterocycles. The van der Waals surface area contributed by atoms with Crippen LogP contribution >= 0.6 is 0 Å². The van der Waals surface area contributed by atoms with Crippen LogP contribution in [0.2, 0.25) is 0 Å². The average molecular weight is 182 g/mol. The summed E-state index contributed by atoms with van der Waals surface area (Å²) in [6, 6.07) is 0. The van der Waals surface area contributed by atoms with E-state index in [1.807, 2.05) is 0 Å². The minimum atomic E-state index is 0.00422. The number of unbranched alkanes of at least 4 members (excludes halogenated alkanes) is 3. The van der Waals surface area contributed by atoms with Crippen LogP contribution < -0.4 is 0 Å². The Labute approximate surface area is 80.3 Å². The number of ketones is 1. The van der Waals surface area contributed by atoms with E-state index in [4.69, 9.17) is 5.11 Å². The van der Waals surface area contributed by atoms with Gasteiger partial charge in [0, 0.05) is 19.4 Å². The summed E-state index contributed by atoms with van der Waals surface area (Å²) < 4.78 is 0. The van der Waals surface area contributed by atoms with E-state index in [2.05, 4.69) is 18.8 Å². The number of hydrogen-bond donors (Lipinski definition) is 1. The average Bonchev–Trinajstić information content (AvgIpc) is 2.13. The predicted octanol–water partition coefficient (Wildman–Crippen LogP) is 1.91. The molecule has 0 aliphatic carbocycles. The number of Topliss-reactive ketones (excluding diaryl/α,β-unsaturated/α-hetero) is 1. The van der Waals surface area contributed by atoms with Crippen LogP contribution in [0.3, 0.4) is 0 Å². The van der Waals surface area contributed by atoms with E-state index in [0.29, 0.717) is 12.8 Å². The van der Waals surface area contributed by atoms with Gasteiger partial charge in [-0.1, -0.05) is 19.3 Å². The molecule has 0 saturated carbocycles. The van der Waals surface area contributed by atoms with Crippen LogP contribution in [-0.4, -0.2) is 17.5 Å². The second-order valence-corrected chi connectivity index (χ2v) is 3.01. The van der Waals surface area contributed by atoms with Crippen molar-refractivity contribution in [2.24, 2.45) is 0 Å². The summed E-state index contributed by atoms with van der Waals surface area (Å²) >= 11 is 0. The van der Waals surface area contributed by atoms with Crippen molar-refractivity contribution in [3.05, 3.63) is 0 Å². The molecular formula is C11H18O2. The first-order valence-corrected chi connectivity index (χ1v) is 4.93. The SMILES string of the molecule is CCCCC#CC(=O)CCCCO. The highest BCUT2D eigenvalue weighted by Gasteiger charge is 1.95. The Morgan fingerprint density at radius 3 is 2.69 bits per heavy atom. The lowest BCUT2D eigenvalue weighted by Crippen LogP contribution is -1.94. The highest BCUT2D eigenvalue weighted by Crippen LogP contribution is 1.95. The van der Waals surface area contributed by atoms with Crippen LogP contribution in [0.1, 0.15) is 45.4 Å². The number of aliphatic hydroxyl groups is 1. The number of carbonyl (C=O) groups excluding carboxylic acids is 1. The maximum atomic E-state index is 11.0. The Hall–Kier alpha value is -0.810. The third kappa shape index (κ3) is 9.10. The molecule has 13 heavy (non-hydrogen) atoms. The summed E-state index contributed by atoms with van der Waals surface area (Å²) in [7, 11) is 0. The van der Waals surface area contributed by atoms with Gasteiger partial charge in [0.15, 0.2) is 0 Å². The first-order valence-electron chi connectivity index (χ1n) is 4.93. The topological polar surface area (TPSA) is 37.3 Å². The summed E-state index contributed by atoms with van der Waals surface area (Å²) in [6.07, 6.45) is 4.94. The van der Waals surface area contributed by atoms with Crippen LogP contribution in [0, 0.1) is 11.8 Å². The fourth-order valence-electron chi connectivity index (χ4n) is 0.886. The first-order chi connectivity index (χ1) is 6.31. The highest BCUT2D eigenvalue weighted by atomic mass is 16.2. The lowest BCUT2D eigenvalue weighted by molar-refractivity contribution is -0.113. The van der Waals surface area contributed by atoms with Gasteiger partial charge in [-0.3, -0.25) is 4.79 Å². The molecule has 0 atom stereocenters. The van der Waals surface area contributed by atoms with E-state index in [0.717, 1.165) is 25.7 Å². The molecule has 74 valence electrons. The molecule has 0 aromatic heterocycles. The monoisotopic (exact) mass is 182 g/mol. The molecule has 0 aliphatic rings. The van der Waals surface area contributed by atoms with E-state index in [1.165, 1.54) is 0 Å². The van der Waals surface area contributed by atoms with Crippen molar-refractivity contribution in [3.8, 4) is 11.8 Å². The number of rotatable bonds is 6.